The third-order valence-electron chi connectivity index (χ3n) is 4.61. The van der Waals surface area contributed by atoms with E-state index in [1.165, 1.54) is 37.8 Å². The molecule has 3 aromatic rings. The Morgan fingerprint density at radius 3 is 2.00 bits per heavy atom. The van der Waals surface area contributed by atoms with Gasteiger partial charge in [-0.15, -0.1) is 0 Å². The van der Waals surface area contributed by atoms with Crippen LogP contribution in [-0.4, -0.2) is 29.7 Å². The van der Waals surface area contributed by atoms with Crippen LogP contribution in [0.25, 0.3) is 0 Å². The van der Waals surface area contributed by atoms with Gasteiger partial charge in [-0.25, -0.2) is 8.42 Å². The zero-order valence-corrected chi connectivity index (χ0v) is 19.5. The fourth-order valence-corrected chi connectivity index (χ4v) is 4.75. The Kier molecular flexibility index (Phi) is 7.20. The van der Waals surface area contributed by atoms with Crippen molar-refractivity contribution in [3.63, 3.8) is 0 Å². The topological polar surface area (TPSA) is 65.1 Å². The highest BCUT2D eigenvalue weighted by Gasteiger charge is 2.28. The molecule has 0 unspecified atom stereocenters. The van der Waals surface area contributed by atoms with Crippen molar-refractivity contribution < 1.29 is 22.6 Å². The molecule has 0 spiro atoms. The maximum absolute atomic E-state index is 13.7. The number of nitrogens with zero attached hydrogens (tertiary/aromatic N) is 1. The molecule has 0 aliphatic rings. The van der Waals surface area contributed by atoms with Crippen LogP contribution in [0.2, 0.25) is 10.0 Å². The lowest BCUT2D eigenvalue weighted by Gasteiger charge is -2.27. The Morgan fingerprint density at radius 2 is 1.42 bits per heavy atom. The maximum Gasteiger partial charge on any atom is 0.264 e. The van der Waals surface area contributed by atoms with Gasteiger partial charge in [0.25, 0.3) is 10.0 Å². The molecule has 0 amide bonds. The standard InChI is InChI=1S/C22H21Cl2NO5S/c1-28-16-5-8-18(9-6-16)31(26,27)25(14-15-4-10-19(23)20(24)12-15)21-13-17(29-2)7-11-22(21)30-3/h4-13H,14H2,1-3H3. The van der Waals surface area contributed by atoms with E-state index in [0.29, 0.717) is 38.5 Å². The molecule has 0 heterocycles. The summed E-state index contributed by atoms with van der Waals surface area (Å²) in [5.41, 5.74) is 0.972. The van der Waals surface area contributed by atoms with Gasteiger partial charge < -0.3 is 14.2 Å². The average Bonchev–Trinajstić information content (AvgIpc) is 2.79. The minimum Gasteiger partial charge on any atom is -0.497 e. The van der Waals surface area contributed by atoms with Crippen molar-refractivity contribution in [3.8, 4) is 17.2 Å². The molecule has 0 fully saturated rings. The van der Waals surface area contributed by atoms with Gasteiger partial charge in [-0.2, -0.15) is 0 Å². The molecule has 31 heavy (non-hydrogen) atoms. The molecule has 6 nitrogen and oxygen atoms in total. The van der Waals surface area contributed by atoms with Crippen molar-refractivity contribution in [3.05, 3.63) is 76.3 Å². The molecule has 3 rings (SSSR count). The number of rotatable bonds is 8. The first-order valence-electron chi connectivity index (χ1n) is 9.13. The number of hydrogen-bond acceptors (Lipinski definition) is 5. The molecule has 0 bridgehead atoms. The predicted molar refractivity (Wildman–Crippen MR) is 122 cm³/mol. The van der Waals surface area contributed by atoms with Gasteiger partial charge in [0, 0.05) is 6.07 Å². The van der Waals surface area contributed by atoms with Crippen LogP contribution in [0.15, 0.2) is 65.6 Å². The maximum atomic E-state index is 13.7. The first-order chi connectivity index (χ1) is 14.8. The van der Waals surface area contributed by atoms with Crippen molar-refractivity contribution in [2.75, 3.05) is 25.6 Å². The largest absolute Gasteiger partial charge is 0.497 e. The zero-order valence-electron chi connectivity index (χ0n) is 17.1. The minimum absolute atomic E-state index is 0.00518. The fraction of sp³-hybridized carbons (Fsp3) is 0.182. The van der Waals surface area contributed by atoms with Gasteiger partial charge in [-0.1, -0.05) is 29.3 Å². The fourth-order valence-electron chi connectivity index (χ4n) is 2.97. The lowest BCUT2D eigenvalue weighted by Crippen LogP contribution is -2.31. The molecule has 0 saturated heterocycles. The normalized spacial score (nSPS) is 11.1. The summed E-state index contributed by atoms with van der Waals surface area (Å²) in [6.45, 7) is -0.00518. The molecule has 0 N–H and O–H groups in total. The van der Waals surface area contributed by atoms with Crippen molar-refractivity contribution in [2.45, 2.75) is 11.4 Å². The summed E-state index contributed by atoms with van der Waals surface area (Å²) in [6, 6.07) is 16.1. The molecule has 0 saturated carbocycles. The van der Waals surface area contributed by atoms with Crippen LogP contribution in [0.3, 0.4) is 0 Å². The van der Waals surface area contributed by atoms with E-state index in [-0.39, 0.29) is 11.4 Å². The van der Waals surface area contributed by atoms with Crippen molar-refractivity contribution in [1.82, 2.24) is 0 Å². The van der Waals surface area contributed by atoms with E-state index in [0.717, 1.165) is 0 Å². The second kappa shape index (κ2) is 9.68. The number of ether oxygens (including phenoxy) is 3. The Bertz CT molecular complexity index is 1170. The second-order valence-electron chi connectivity index (χ2n) is 6.47. The predicted octanol–water partition coefficient (Wildman–Crippen LogP) is 5.41. The van der Waals surface area contributed by atoms with Crippen LogP contribution in [0, 0.1) is 0 Å². The molecule has 0 radical (unpaired) electrons. The summed E-state index contributed by atoms with van der Waals surface area (Å²) in [4.78, 5) is 0.0956. The smallest absolute Gasteiger partial charge is 0.264 e. The van der Waals surface area contributed by atoms with E-state index in [2.05, 4.69) is 0 Å². The number of anilines is 1. The average molecular weight is 482 g/mol. The van der Waals surface area contributed by atoms with Crippen LogP contribution >= 0.6 is 23.2 Å². The van der Waals surface area contributed by atoms with E-state index in [1.807, 2.05) is 0 Å². The SMILES string of the molecule is COc1ccc(S(=O)(=O)N(Cc2ccc(Cl)c(Cl)c2)c2cc(OC)ccc2OC)cc1. The van der Waals surface area contributed by atoms with Crippen molar-refractivity contribution >= 4 is 38.9 Å². The third kappa shape index (κ3) is 5.01. The molecule has 0 atom stereocenters. The van der Waals surface area contributed by atoms with Gasteiger partial charge in [0.2, 0.25) is 0 Å². The van der Waals surface area contributed by atoms with Crippen LogP contribution in [0.1, 0.15) is 5.56 Å². The van der Waals surface area contributed by atoms with Gasteiger partial charge >= 0.3 is 0 Å². The molecule has 0 aliphatic heterocycles. The lowest BCUT2D eigenvalue weighted by molar-refractivity contribution is 0.403. The summed E-state index contributed by atoms with van der Waals surface area (Å²) < 4.78 is 44.5. The number of benzene rings is 3. The summed E-state index contributed by atoms with van der Waals surface area (Å²) in [6.07, 6.45) is 0. The van der Waals surface area contributed by atoms with Crippen molar-refractivity contribution in [2.24, 2.45) is 0 Å². The highest BCUT2D eigenvalue weighted by Crippen LogP contribution is 2.37. The van der Waals surface area contributed by atoms with E-state index in [4.69, 9.17) is 37.4 Å². The molecule has 0 aromatic heterocycles. The molecular weight excluding hydrogens is 461 g/mol. The van der Waals surface area contributed by atoms with Crippen LogP contribution in [0.4, 0.5) is 5.69 Å². The molecule has 0 aliphatic carbocycles. The van der Waals surface area contributed by atoms with E-state index in [9.17, 15) is 8.42 Å². The third-order valence-corrected chi connectivity index (χ3v) is 7.13. The Labute approximate surface area is 191 Å². The van der Waals surface area contributed by atoms with Gasteiger partial charge in [-0.3, -0.25) is 4.31 Å². The zero-order chi connectivity index (χ0) is 22.6. The van der Waals surface area contributed by atoms with E-state index in [1.54, 1.807) is 48.5 Å². The number of halogens is 2. The Balaban J connectivity index is 2.17. The van der Waals surface area contributed by atoms with Gasteiger partial charge in [0.1, 0.15) is 17.2 Å². The summed E-state index contributed by atoms with van der Waals surface area (Å²) in [5, 5.41) is 0.715. The minimum atomic E-state index is -3.99. The molecule has 3 aromatic carbocycles. The van der Waals surface area contributed by atoms with Gasteiger partial charge in [0.05, 0.1) is 48.5 Å². The summed E-state index contributed by atoms with van der Waals surface area (Å²) >= 11 is 12.2. The van der Waals surface area contributed by atoms with Gasteiger partial charge in [-0.05, 0) is 54.1 Å². The first kappa shape index (κ1) is 23.1. The Hall–Kier alpha value is -2.61. The van der Waals surface area contributed by atoms with E-state index < -0.39 is 10.0 Å². The highest BCUT2D eigenvalue weighted by atomic mass is 35.5. The van der Waals surface area contributed by atoms with Crippen LogP contribution < -0.4 is 18.5 Å². The lowest BCUT2D eigenvalue weighted by atomic mass is 10.2. The number of methoxy groups -OCH3 is 3. The monoisotopic (exact) mass is 481 g/mol. The van der Waals surface area contributed by atoms with Crippen molar-refractivity contribution in [1.29, 1.82) is 0 Å². The number of sulfonamides is 1. The summed E-state index contributed by atoms with van der Waals surface area (Å²) in [5.74, 6) is 1.41. The Morgan fingerprint density at radius 1 is 0.774 bits per heavy atom. The quantitative estimate of drug-likeness (QED) is 0.429. The van der Waals surface area contributed by atoms with Crippen LogP contribution in [-0.2, 0) is 16.6 Å². The molecule has 9 heteroatoms. The summed E-state index contributed by atoms with van der Waals surface area (Å²) in [7, 11) is 0.505. The van der Waals surface area contributed by atoms with E-state index >= 15 is 0 Å². The highest BCUT2D eigenvalue weighted by molar-refractivity contribution is 7.92. The number of hydrogen-bond donors (Lipinski definition) is 0. The molecule has 164 valence electrons. The van der Waals surface area contributed by atoms with Gasteiger partial charge in [0.15, 0.2) is 0 Å². The van der Waals surface area contributed by atoms with Crippen LogP contribution in [0.5, 0.6) is 17.2 Å². The second-order valence-corrected chi connectivity index (χ2v) is 9.15. The first-order valence-corrected chi connectivity index (χ1v) is 11.3. The molecular formula is C22H21Cl2NO5S.